The highest BCUT2D eigenvalue weighted by molar-refractivity contribution is 6.30. The quantitative estimate of drug-likeness (QED) is 0.876. The van der Waals surface area contributed by atoms with Crippen molar-refractivity contribution in [3.8, 4) is 5.75 Å². The Bertz CT molecular complexity index is 555. The third kappa shape index (κ3) is 3.90. The van der Waals surface area contributed by atoms with E-state index in [2.05, 4.69) is 10.6 Å². The first kappa shape index (κ1) is 16.1. The van der Waals surface area contributed by atoms with E-state index in [1.54, 1.807) is 6.07 Å². The molecule has 114 valence electrons. The standard InChI is InChI=1S/C15H17ClN2O2.ClH/c16-12-3-4-14-10(7-12)6-11(9-20-14)15(19)18-13-2-1-5-17-8-13;/h3-4,6-7,13,17H,1-2,5,8-9H2,(H,18,19);1H. The van der Waals surface area contributed by atoms with Crippen molar-refractivity contribution < 1.29 is 9.53 Å². The average molecular weight is 329 g/mol. The molecule has 2 heterocycles. The van der Waals surface area contributed by atoms with Crippen LogP contribution in [-0.2, 0) is 4.79 Å². The second-order valence-electron chi connectivity index (χ2n) is 5.16. The Morgan fingerprint density at radius 1 is 1.43 bits per heavy atom. The van der Waals surface area contributed by atoms with E-state index in [4.69, 9.17) is 16.3 Å². The van der Waals surface area contributed by atoms with Gasteiger partial charge in [0, 0.05) is 23.2 Å². The largest absolute Gasteiger partial charge is 0.488 e. The zero-order chi connectivity index (χ0) is 13.9. The number of halogens is 2. The summed E-state index contributed by atoms with van der Waals surface area (Å²) >= 11 is 5.97. The topological polar surface area (TPSA) is 50.4 Å². The van der Waals surface area contributed by atoms with Gasteiger partial charge >= 0.3 is 0 Å². The van der Waals surface area contributed by atoms with E-state index >= 15 is 0 Å². The van der Waals surface area contributed by atoms with E-state index in [0.717, 1.165) is 37.2 Å². The van der Waals surface area contributed by atoms with Gasteiger partial charge in [-0.15, -0.1) is 12.4 Å². The molecule has 6 heteroatoms. The van der Waals surface area contributed by atoms with Gasteiger partial charge in [-0.1, -0.05) is 11.6 Å². The number of rotatable bonds is 2. The molecule has 1 unspecified atom stereocenters. The number of hydrogen-bond donors (Lipinski definition) is 2. The van der Waals surface area contributed by atoms with Crippen LogP contribution in [0.5, 0.6) is 5.75 Å². The fourth-order valence-corrected chi connectivity index (χ4v) is 2.71. The summed E-state index contributed by atoms with van der Waals surface area (Å²) in [6.07, 6.45) is 3.98. The molecule has 1 aromatic rings. The predicted octanol–water partition coefficient (Wildman–Crippen LogP) is 2.41. The number of fused-ring (bicyclic) bond motifs is 1. The molecule has 1 saturated heterocycles. The van der Waals surface area contributed by atoms with Gasteiger partial charge in [0.25, 0.3) is 5.91 Å². The second kappa shape index (κ2) is 7.16. The summed E-state index contributed by atoms with van der Waals surface area (Å²) in [5.41, 5.74) is 1.50. The molecule has 1 atom stereocenters. The molecular weight excluding hydrogens is 311 g/mol. The van der Waals surface area contributed by atoms with Crippen LogP contribution in [0.25, 0.3) is 6.08 Å². The zero-order valence-electron chi connectivity index (χ0n) is 11.5. The van der Waals surface area contributed by atoms with E-state index in [9.17, 15) is 4.79 Å². The number of carbonyl (C=O) groups is 1. The first-order valence-electron chi connectivity index (χ1n) is 6.87. The second-order valence-corrected chi connectivity index (χ2v) is 5.59. The van der Waals surface area contributed by atoms with Crippen LogP contribution in [0.3, 0.4) is 0 Å². The van der Waals surface area contributed by atoms with Gasteiger partial charge in [0.2, 0.25) is 0 Å². The number of nitrogens with one attached hydrogen (secondary N) is 2. The van der Waals surface area contributed by atoms with Crippen molar-refractivity contribution in [3.05, 3.63) is 34.4 Å². The van der Waals surface area contributed by atoms with Crippen LogP contribution in [0, 0.1) is 0 Å². The fraction of sp³-hybridized carbons (Fsp3) is 0.400. The van der Waals surface area contributed by atoms with Gasteiger partial charge in [-0.05, 0) is 43.7 Å². The van der Waals surface area contributed by atoms with E-state index in [1.807, 2.05) is 18.2 Å². The number of ether oxygens (including phenoxy) is 1. The summed E-state index contributed by atoms with van der Waals surface area (Å²) in [4.78, 5) is 12.2. The Morgan fingerprint density at radius 3 is 3.05 bits per heavy atom. The molecular formula is C15H18Cl2N2O2. The van der Waals surface area contributed by atoms with Crippen molar-refractivity contribution in [2.75, 3.05) is 19.7 Å². The number of piperidine rings is 1. The van der Waals surface area contributed by atoms with Crippen LogP contribution < -0.4 is 15.4 Å². The maximum Gasteiger partial charge on any atom is 0.250 e. The lowest BCUT2D eigenvalue weighted by Gasteiger charge is -2.25. The van der Waals surface area contributed by atoms with Crippen molar-refractivity contribution in [2.24, 2.45) is 0 Å². The van der Waals surface area contributed by atoms with Crippen LogP contribution in [-0.4, -0.2) is 31.6 Å². The Morgan fingerprint density at radius 2 is 2.29 bits per heavy atom. The molecule has 21 heavy (non-hydrogen) atoms. The molecule has 2 N–H and O–H groups in total. The van der Waals surface area contributed by atoms with Crippen LogP contribution >= 0.6 is 24.0 Å². The summed E-state index contributed by atoms with van der Waals surface area (Å²) in [6.45, 7) is 2.17. The zero-order valence-corrected chi connectivity index (χ0v) is 13.1. The molecule has 2 aliphatic rings. The van der Waals surface area contributed by atoms with Crippen LogP contribution in [0.2, 0.25) is 5.02 Å². The Hall–Kier alpha value is -1.23. The molecule has 1 aromatic carbocycles. The van der Waals surface area contributed by atoms with Crippen LogP contribution in [0.1, 0.15) is 18.4 Å². The normalized spacial score (nSPS) is 20.4. The lowest BCUT2D eigenvalue weighted by atomic mass is 10.0. The smallest absolute Gasteiger partial charge is 0.250 e. The van der Waals surface area contributed by atoms with E-state index in [-0.39, 0.29) is 24.4 Å². The third-order valence-electron chi connectivity index (χ3n) is 3.61. The Kier molecular flexibility index (Phi) is 5.51. The van der Waals surface area contributed by atoms with E-state index in [0.29, 0.717) is 17.2 Å². The van der Waals surface area contributed by atoms with Gasteiger partial charge < -0.3 is 15.4 Å². The number of amides is 1. The van der Waals surface area contributed by atoms with E-state index in [1.165, 1.54) is 0 Å². The van der Waals surface area contributed by atoms with Crippen molar-refractivity contribution in [2.45, 2.75) is 18.9 Å². The molecule has 0 saturated carbocycles. The van der Waals surface area contributed by atoms with Crippen molar-refractivity contribution >= 4 is 36.0 Å². The first-order valence-corrected chi connectivity index (χ1v) is 7.25. The third-order valence-corrected chi connectivity index (χ3v) is 3.84. The Balaban J connectivity index is 0.00000161. The summed E-state index contributed by atoms with van der Waals surface area (Å²) in [5, 5.41) is 6.98. The molecule has 0 spiro atoms. The fourth-order valence-electron chi connectivity index (χ4n) is 2.53. The summed E-state index contributed by atoms with van der Waals surface area (Å²) in [7, 11) is 0. The van der Waals surface area contributed by atoms with Crippen molar-refractivity contribution in [1.82, 2.24) is 10.6 Å². The molecule has 4 nitrogen and oxygen atoms in total. The van der Waals surface area contributed by atoms with Crippen LogP contribution in [0.4, 0.5) is 0 Å². The molecule has 0 bridgehead atoms. The minimum absolute atomic E-state index is 0. The van der Waals surface area contributed by atoms with Gasteiger partial charge in [0.1, 0.15) is 12.4 Å². The van der Waals surface area contributed by atoms with Crippen molar-refractivity contribution in [3.63, 3.8) is 0 Å². The molecule has 0 radical (unpaired) electrons. The highest BCUT2D eigenvalue weighted by Crippen LogP contribution is 2.29. The van der Waals surface area contributed by atoms with Crippen molar-refractivity contribution in [1.29, 1.82) is 0 Å². The van der Waals surface area contributed by atoms with Gasteiger partial charge in [-0.25, -0.2) is 0 Å². The van der Waals surface area contributed by atoms with Gasteiger partial charge in [0.15, 0.2) is 0 Å². The summed E-state index contributed by atoms with van der Waals surface area (Å²) in [6, 6.07) is 5.63. The number of benzene rings is 1. The van der Waals surface area contributed by atoms with E-state index < -0.39 is 0 Å². The predicted molar refractivity (Wildman–Crippen MR) is 86.2 cm³/mol. The van der Waals surface area contributed by atoms with Gasteiger partial charge in [0.05, 0.1) is 5.57 Å². The Labute approximate surface area is 135 Å². The van der Waals surface area contributed by atoms with Crippen LogP contribution in [0.15, 0.2) is 23.8 Å². The maximum atomic E-state index is 12.2. The molecule has 0 aromatic heterocycles. The minimum atomic E-state index is -0.0516. The molecule has 2 aliphatic heterocycles. The SMILES string of the molecule is Cl.O=C(NC1CCCNC1)C1=Cc2cc(Cl)ccc2OC1. The van der Waals surface area contributed by atoms with Gasteiger partial charge in [-0.2, -0.15) is 0 Å². The number of carbonyl (C=O) groups excluding carboxylic acids is 1. The lowest BCUT2D eigenvalue weighted by Crippen LogP contribution is -2.46. The first-order chi connectivity index (χ1) is 9.72. The molecule has 1 amide bonds. The molecule has 1 fully saturated rings. The highest BCUT2D eigenvalue weighted by atomic mass is 35.5. The van der Waals surface area contributed by atoms with Gasteiger partial charge in [-0.3, -0.25) is 4.79 Å². The summed E-state index contributed by atoms with van der Waals surface area (Å²) in [5.74, 6) is 0.717. The average Bonchev–Trinajstić information content (AvgIpc) is 2.47. The lowest BCUT2D eigenvalue weighted by molar-refractivity contribution is -0.118. The maximum absolute atomic E-state index is 12.2. The monoisotopic (exact) mass is 328 g/mol. The molecule has 0 aliphatic carbocycles. The summed E-state index contributed by atoms with van der Waals surface area (Å²) < 4.78 is 5.60. The number of hydrogen-bond acceptors (Lipinski definition) is 3. The minimum Gasteiger partial charge on any atom is -0.488 e. The molecule has 3 rings (SSSR count). The highest BCUT2D eigenvalue weighted by Gasteiger charge is 2.21.